The Labute approximate surface area is 118 Å². The van der Waals surface area contributed by atoms with Crippen LogP contribution >= 0.6 is 35.7 Å². The molecule has 0 spiro atoms. The number of aryl methyl sites for hydroxylation is 1. The van der Waals surface area contributed by atoms with Gasteiger partial charge in [-0.2, -0.15) is 0 Å². The van der Waals surface area contributed by atoms with Crippen LogP contribution in [0.15, 0.2) is 16.0 Å². The highest BCUT2D eigenvalue weighted by atomic mass is 32.2. The summed E-state index contributed by atoms with van der Waals surface area (Å²) < 4.78 is 0.482. The molecule has 0 aromatic carbocycles. The van der Waals surface area contributed by atoms with E-state index in [1.54, 1.807) is 13.2 Å². The van der Waals surface area contributed by atoms with Crippen molar-refractivity contribution in [3.05, 3.63) is 22.1 Å². The van der Waals surface area contributed by atoms with Crippen molar-refractivity contribution in [1.82, 2.24) is 20.8 Å². The SMILES string of the molecule is CSC(=S)NNC(=O)CSc1nc(C)cc(=O)[nH]1. The first-order valence-electron chi connectivity index (χ1n) is 4.85. The van der Waals surface area contributed by atoms with Gasteiger partial charge in [-0.3, -0.25) is 20.4 Å². The number of rotatable bonds is 3. The predicted molar refractivity (Wildman–Crippen MR) is 77.7 cm³/mol. The topological polar surface area (TPSA) is 86.9 Å². The molecule has 3 N–H and O–H groups in total. The number of thioether (sulfide) groups is 2. The molecule has 1 rings (SSSR count). The Bertz CT molecular complexity index is 503. The average Bonchev–Trinajstić information content (AvgIpc) is 2.32. The van der Waals surface area contributed by atoms with Crippen molar-refractivity contribution >= 4 is 46.0 Å². The monoisotopic (exact) mass is 304 g/mol. The average molecular weight is 304 g/mol. The normalized spacial score (nSPS) is 9.89. The van der Waals surface area contributed by atoms with Crippen LogP contribution in [0.1, 0.15) is 5.69 Å². The maximum absolute atomic E-state index is 11.4. The summed E-state index contributed by atoms with van der Waals surface area (Å²) in [5.74, 6) is -0.114. The van der Waals surface area contributed by atoms with Gasteiger partial charge < -0.3 is 4.98 Å². The molecule has 18 heavy (non-hydrogen) atoms. The van der Waals surface area contributed by atoms with E-state index in [0.717, 1.165) is 11.8 Å². The molecule has 98 valence electrons. The first kappa shape index (κ1) is 15.0. The van der Waals surface area contributed by atoms with Gasteiger partial charge in [0.15, 0.2) is 9.48 Å². The summed E-state index contributed by atoms with van der Waals surface area (Å²) in [5.41, 5.74) is 5.41. The summed E-state index contributed by atoms with van der Waals surface area (Å²) in [7, 11) is 0. The molecule has 9 heteroatoms. The Morgan fingerprint density at radius 2 is 2.28 bits per heavy atom. The van der Waals surface area contributed by atoms with Gasteiger partial charge in [0, 0.05) is 11.8 Å². The predicted octanol–water partition coefficient (Wildman–Crippen LogP) is 0.439. The van der Waals surface area contributed by atoms with Crippen molar-refractivity contribution in [2.75, 3.05) is 12.0 Å². The van der Waals surface area contributed by atoms with E-state index in [0.29, 0.717) is 15.2 Å². The lowest BCUT2D eigenvalue weighted by Crippen LogP contribution is -2.40. The summed E-state index contributed by atoms with van der Waals surface area (Å²) in [4.78, 5) is 29.2. The van der Waals surface area contributed by atoms with Crippen molar-refractivity contribution in [2.45, 2.75) is 12.1 Å². The zero-order chi connectivity index (χ0) is 13.5. The zero-order valence-corrected chi connectivity index (χ0v) is 12.2. The van der Waals surface area contributed by atoms with Crippen LogP contribution in [0, 0.1) is 6.92 Å². The number of hydrogen-bond donors (Lipinski definition) is 3. The smallest absolute Gasteiger partial charge is 0.251 e. The number of carbonyl (C=O) groups excluding carboxylic acids is 1. The molecule has 0 aliphatic rings. The first-order chi connectivity index (χ1) is 8.51. The van der Waals surface area contributed by atoms with E-state index in [1.165, 1.54) is 17.8 Å². The minimum atomic E-state index is -0.249. The van der Waals surface area contributed by atoms with Crippen LogP contribution in [0.2, 0.25) is 0 Å². The van der Waals surface area contributed by atoms with Crippen molar-refractivity contribution in [2.24, 2.45) is 0 Å². The van der Waals surface area contributed by atoms with Gasteiger partial charge in [-0.25, -0.2) is 4.98 Å². The molecule has 1 heterocycles. The fourth-order valence-electron chi connectivity index (χ4n) is 0.962. The van der Waals surface area contributed by atoms with E-state index in [-0.39, 0.29) is 17.2 Å². The van der Waals surface area contributed by atoms with Crippen LogP contribution in [0.5, 0.6) is 0 Å². The first-order valence-corrected chi connectivity index (χ1v) is 7.46. The molecule has 0 fully saturated rings. The van der Waals surface area contributed by atoms with Crippen LogP contribution < -0.4 is 16.4 Å². The van der Waals surface area contributed by atoms with Gasteiger partial charge in [-0.15, -0.1) is 0 Å². The van der Waals surface area contributed by atoms with Crippen LogP contribution in [0.3, 0.4) is 0 Å². The summed E-state index contributed by atoms with van der Waals surface area (Å²) in [6, 6.07) is 1.39. The number of carbonyl (C=O) groups is 1. The molecule has 6 nitrogen and oxygen atoms in total. The van der Waals surface area contributed by atoms with E-state index < -0.39 is 0 Å². The third-order valence-electron chi connectivity index (χ3n) is 1.68. The van der Waals surface area contributed by atoms with Gasteiger partial charge in [0.2, 0.25) is 5.91 Å². The third kappa shape index (κ3) is 5.52. The lowest BCUT2D eigenvalue weighted by atomic mass is 10.5. The Morgan fingerprint density at radius 1 is 1.56 bits per heavy atom. The summed E-state index contributed by atoms with van der Waals surface area (Å²) in [6.45, 7) is 1.72. The number of hydrogen-bond acceptors (Lipinski definition) is 6. The highest BCUT2D eigenvalue weighted by Crippen LogP contribution is 2.09. The van der Waals surface area contributed by atoms with Crippen molar-refractivity contribution in [1.29, 1.82) is 0 Å². The summed E-state index contributed by atoms with van der Waals surface area (Å²) >= 11 is 7.33. The number of nitrogens with zero attached hydrogens (tertiary/aromatic N) is 1. The molecule has 0 radical (unpaired) electrons. The van der Waals surface area contributed by atoms with Crippen molar-refractivity contribution < 1.29 is 4.79 Å². The lowest BCUT2D eigenvalue weighted by Gasteiger charge is -2.06. The van der Waals surface area contributed by atoms with Gasteiger partial charge in [0.1, 0.15) is 0 Å². The number of aromatic nitrogens is 2. The van der Waals surface area contributed by atoms with E-state index in [2.05, 4.69) is 20.8 Å². The second kappa shape index (κ2) is 7.39. The highest BCUT2D eigenvalue weighted by molar-refractivity contribution is 8.22. The van der Waals surface area contributed by atoms with Crippen LogP contribution in [0.25, 0.3) is 0 Å². The molecule has 1 aromatic heterocycles. The van der Waals surface area contributed by atoms with Crippen LogP contribution in [0.4, 0.5) is 0 Å². The summed E-state index contributed by atoms with van der Waals surface area (Å²) in [5, 5.41) is 0.419. The third-order valence-corrected chi connectivity index (χ3v) is 3.63. The fraction of sp³-hybridized carbons (Fsp3) is 0.333. The van der Waals surface area contributed by atoms with E-state index in [9.17, 15) is 9.59 Å². The Balaban J connectivity index is 2.42. The minimum absolute atomic E-state index is 0.135. The number of amides is 1. The van der Waals surface area contributed by atoms with E-state index in [1.807, 2.05) is 0 Å². The molecule has 0 unspecified atom stereocenters. The minimum Gasteiger partial charge on any atom is -0.301 e. The maximum atomic E-state index is 11.4. The van der Waals surface area contributed by atoms with Gasteiger partial charge in [0.25, 0.3) is 5.56 Å². The Kier molecular flexibility index (Phi) is 6.16. The molecular weight excluding hydrogens is 292 g/mol. The molecule has 0 saturated heterocycles. The molecule has 0 saturated carbocycles. The standard InChI is InChI=1S/C9H12N4O2S3/c1-5-3-6(14)11-8(10-5)18-4-7(15)12-13-9(16)17-2/h3H,4H2,1-2H3,(H,12,15)(H,13,16)(H,10,11,14). The number of aromatic amines is 1. The van der Waals surface area contributed by atoms with Crippen LogP contribution in [-0.4, -0.2) is 32.2 Å². The van der Waals surface area contributed by atoms with Crippen molar-refractivity contribution in [3.63, 3.8) is 0 Å². The highest BCUT2D eigenvalue weighted by Gasteiger charge is 2.05. The summed E-state index contributed by atoms with van der Waals surface area (Å²) in [6.07, 6.45) is 1.80. The van der Waals surface area contributed by atoms with Crippen LogP contribution in [-0.2, 0) is 4.79 Å². The number of H-pyrrole nitrogens is 1. The second-order valence-corrected chi connectivity index (χ2v) is 5.59. The largest absolute Gasteiger partial charge is 0.301 e. The Morgan fingerprint density at radius 3 is 2.89 bits per heavy atom. The molecule has 0 atom stereocenters. The lowest BCUT2D eigenvalue weighted by molar-refractivity contribution is -0.119. The fourth-order valence-corrected chi connectivity index (χ4v) is 1.89. The number of hydrazine groups is 1. The van der Waals surface area contributed by atoms with Gasteiger partial charge in [-0.1, -0.05) is 35.7 Å². The zero-order valence-electron chi connectivity index (χ0n) is 9.77. The van der Waals surface area contributed by atoms with Crippen molar-refractivity contribution in [3.8, 4) is 0 Å². The van der Waals surface area contributed by atoms with Gasteiger partial charge >= 0.3 is 0 Å². The molecule has 0 aliphatic heterocycles. The molecular formula is C9H12N4O2S3. The molecule has 1 amide bonds. The molecule has 0 aliphatic carbocycles. The number of thiocarbonyl (C=S) groups is 1. The maximum Gasteiger partial charge on any atom is 0.251 e. The molecule has 1 aromatic rings. The van der Waals surface area contributed by atoms with E-state index in [4.69, 9.17) is 12.2 Å². The quantitative estimate of drug-likeness (QED) is 0.323. The van der Waals surface area contributed by atoms with Gasteiger partial charge in [0.05, 0.1) is 5.75 Å². The number of nitrogens with one attached hydrogen (secondary N) is 3. The van der Waals surface area contributed by atoms with Gasteiger partial charge in [-0.05, 0) is 13.2 Å². The Hall–Kier alpha value is -1.06. The molecule has 0 bridgehead atoms. The second-order valence-electron chi connectivity index (χ2n) is 3.15. The van der Waals surface area contributed by atoms with E-state index >= 15 is 0 Å².